The van der Waals surface area contributed by atoms with Gasteiger partial charge in [-0.15, -0.1) is 11.3 Å². The van der Waals surface area contributed by atoms with Gasteiger partial charge in [-0.05, 0) is 23.0 Å². The fourth-order valence-corrected chi connectivity index (χ4v) is 2.40. The van der Waals surface area contributed by atoms with Crippen LogP contribution in [0.4, 0.5) is 0 Å². The molecule has 2 aromatic heterocycles. The zero-order chi connectivity index (χ0) is 12.4. The van der Waals surface area contributed by atoms with Gasteiger partial charge in [0.25, 0.3) is 0 Å². The Hall–Kier alpha value is -1.78. The van der Waals surface area contributed by atoms with E-state index in [1.807, 2.05) is 47.8 Å². The van der Waals surface area contributed by atoms with Crippen LogP contribution in [0.5, 0.6) is 0 Å². The first-order valence-corrected chi connectivity index (χ1v) is 6.59. The highest BCUT2D eigenvalue weighted by molar-refractivity contribution is 7.13. The van der Waals surface area contributed by atoms with Crippen LogP contribution in [0, 0.1) is 0 Å². The molecule has 3 nitrogen and oxygen atoms in total. The Morgan fingerprint density at radius 3 is 2.33 bits per heavy atom. The van der Waals surface area contributed by atoms with Gasteiger partial charge in [0.1, 0.15) is 0 Å². The van der Waals surface area contributed by atoms with Crippen LogP contribution < -0.4 is 0 Å². The number of thiophene rings is 1. The summed E-state index contributed by atoms with van der Waals surface area (Å²) in [6.45, 7) is 0. The molecule has 0 atom stereocenters. The van der Waals surface area contributed by atoms with E-state index in [1.54, 1.807) is 11.3 Å². The zero-order valence-corrected chi connectivity index (χ0v) is 10.8. The van der Waals surface area contributed by atoms with E-state index in [2.05, 4.69) is 15.0 Å². The second kappa shape index (κ2) is 4.84. The third-order valence-corrected chi connectivity index (χ3v) is 3.42. The molecular weight excluding hydrogens is 266 g/mol. The van der Waals surface area contributed by atoms with Gasteiger partial charge >= 0.3 is 0 Å². The predicted molar refractivity (Wildman–Crippen MR) is 73.6 cm³/mol. The van der Waals surface area contributed by atoms with E-state index in [4.69, 9.17) is 11.6 Å². The van der Waals surface area contributed by atoms with Crippen LogP contribution in [0.15, 0.2) is 47.8 Å². The summed E-state index contributed by atoms with van der Waals surface area (Å²) in [6.07, 6.45) is 0. The van der Waals surface area contributed by atoms with E-state index in [0.717, 1.165) is 10.4 Å². The lowest BCUT2D eigenvalue weighted by molar-refractivity contribution is 1.07. The first kappa shape index (κ1) is 11.3. The van der Waals surface area contributed by atoms with Gasteiger partial charge in [0.05, 0.1) is 4.88 Å². The van der Waals surface area contributed by atoms with Crippen molar-refractivity contribution in [3.63, 3.8) is 0 Å². The number of nitrogens with zero attached hydrogens (tertiary/aromatic N) is 3. The molecule has 0 saturated carbocycles. The maximum Gasteiger partial charge on any atom is 0.226 e. The minimum Gasteiger partial charge on any atom is -0.207 e. The van der Waals surface area contributed by atoms with E-state index >= 15 is 0 Å². The third-order valence-electron chi connectivity index (χ3n) is 2.38. The normalized spacial score (nSPS) is 10.5. The monoisotopic (exact) mass is 273 g/mol. The minimum absolute atomic E-state index is 0.215. The molecule has 3 rings (SSSR count). The van der Waals surface area contributed by atoms with E-state index in [0.29, 0.717) is 11.6 Å². The van der Waals surface area contributed by atoms with Crippen molar-refractivity contribution in [3.05, 3.63) is 53.1 Å². The lowest BCUT2D eigenvalue weighted by Crippen LogP contribution is -1.95. The minimum atomic E-state index is 0.215. The van der Waals surface area contributed by atoms with E-state index in [1.165, 1.54) is 0 Å². The van der Waals surface area contributed by atoms with Crippen molar-refractivity contribution in [2.24, 2.45) is 0 Å². The Kier molecular flexibility index (Phi) is 3.04. The SMILES string of the molecule is Clc1nc(-c2ccccc2)nc(-c2cccs2)n1. The van der Waals surface area contributed by atoms with E-state index in [-0.39, 0.29) is 5.28 Å². The Balaban J connectivity index is 2.12. The molecule has 0 fully saturated rings. The summed E-state index contributed by atoms with van der Waals surface area (Å²) in [6, 6.07) is 13.7. The first-order valence-electron chi connectivity index (χ1n) is 5.34. The smallest absolute Gasteiger partial charge is 0.207 e. The molecule has 3 aromatic rings. The van der Waals surface area contributed by atoms with Crippen LogP contribution in [-0.4, -0.2) is 15.0 Å². The van der Waals surface area contributed by atoms with Crippen LogP contribution >= 0.6 is 22.9 Å². The molecular formula is C13H8ClN3S. The lowest BCUT2D eigenvalue weighted by atomic mass is 10.2. The number of halogens is 1. The number of aromatic nitrogens is 3. The Labute approximate surface area is 113 Å². The predicted octanol–water partition coefficient (Wildman–Crippen LogP) is 3.92. The Morgan fingerprint density at radius 1 is 0.833 bits per heavy atom. The quantitative estimate of drug-likeness (QED) is 0.710. The molecule has 0 unspecified atom stereocenters. The second-order valence-corrected chi connectivity index (χ2v) is 4.88. The average molecular weight is 274 g/mol. The van der Waals surface area contributed by atoms with Crippen molar-refractivity contribution >= 4 is 22.9 Å². The van der Waals surface area contributed by atoms with Gasteiger partial charge in [-0.25, -0.2) is 4.98 Å². The lowest BCUT2D eigenvalue weighted by Gasteiger charge is -2.02. The van der Waals surface area contributed by atoms with Gasteiger partial charge in [-0.2, -0.15) is 9.97 Å². The molecule has 0 N–H and O–H groups in total. The Morgan fingerprint density at radius 2 is 1.61 bits per heavy atom. The summed E-state index contributed by atoms with van der Waals surface area (Å²) in [5, 5.41) is 2.20. The molecule has 0 aliphatic heterocycles. The van der Waals surface area contributed by atoms with Crippen LogP contribution in [0.2, 0.25) is 5.28 Å². The summed E-state index contributed by atoms with van der Waals surface area (Å²) in [5.74, 6) is 1.21. The number of rotatable bonds is 2. The van der Waals surface area contributed by atoms with Crippen molar-refractivity contribution in [3.8, 4) is 22.1 Å². The number of hydrogen-bond donors (Lipinski definition) is 0. The molecule has 0 spiro atoms. The molecule has 2 heterocycles. The third kappa shape index (κ3) is 2.25. The molecule has 0 saturated heterocycles. The van der Waals surface area contributed by atoms with Gasteiger partial charge in [-0.1, -0.05) is 36.4 Å². The molecule has 88 valence electrons. The molecule has 18 heavy (non-hydrogen) atoms. The molecule has 0 radical (unpaired) electrons. The van der Waals surface area contributed by atoms with Crippen LogP contribution in [-0.2, 0) is 0 Å². The number of benzene rings is 1. The van der Waals surface area contributed by atoms with Crippen molar-refractivity contribution in [1.29, 1.82) is 0 Å². The van der Waals surface area contributed by atoms with E-state index in [9.17, 15) is 0 Å². The largest absolute Gasteiger partial charge is 0.226 e. The van der Waals surface area contributed by atoms with Crippen molar-refractivity contribution in [1.82, 2.24) is 15.0 Å². The fourth-order valence-electron chi connectivity index (χ4n) is 1.58. The van der Waals surface area contributed by atoms with Crippen LogP contribution in [0.1, 0.15) is 0 Å². The molecule has 0 amide bonds. The molecule has 0 aliphatic carbocycles. The van der Waals surface area contributed by atoms with E-state index < -0.39 is 0 Å². The van der Waals surface area contributed by atoms with Crippen LogP contribution in [0.25, 0.3) is 22.1 Å². The highest BCUT2D eigenvalue weighted by Gasteiger charge is 2.09. The number of hydrogen-bond acceptors (Lipinski definition) is 4. The summed E-state index contributed by atoms with van der Waals surface area (Å²) in [4.78, 5) is 13.8. The Bertz CT molecular complexity index is 653. The standard InChI is InChI=1S/C13H8ClN3S/c14-13-16-11(9-5-2-1-3-6-9)15-12(17-13)10-7-4-8-18-10/h1-8H. The molecule has 1 aromatic carbocycles. The summed E-state index contributed by atoms with van der Waals surface area (Å²) < 4.78 is 0. The van der Waals surface area contributed by atoms with Gasteiger partial charge in [0, 0.05) is 5.56 Å². The van der Waals surface area contributed by atoms with Gasteiger partial charge < -0.3 is 0 Å². The zero-order valence-electron chi connectivity index (χ0n) is 9.25. The van der Waals surface area contributed by atoms with Crippen LogP contribution in [0.3, 0.4) is 0 Å². The molecule has 0 aliphatic rings. The van der Waals surface area contributed by atoms with Gasteiger partial charge in [0.15, 0.2) is 11.6 Å². The van der Waals surface area contributed by atoms with Gasteiger partial charge in [0.2, 0.25) is 5.28 Å². The second-order valence-electron chi connectivity index (χ2n) is 3.59. The summed E-state index contributed by atoms with van der Waals surface area (Å²) >= 11 is 7.54. The molecule has 5 heteroatoms. The van der Waals surface area contributed by atoms with Crippen molar-refractivity contribution in [2.45, 2.75) is 0 Å². The van der Waals surface area contributed by atoms with Crippen molar-refractivity contribution < 1.29 is 0 Å². The average Bonchev–Trinajstić information content (AvgIpc) is 2.93. The maximum absolute atomic E-state index is 5.96. The highest BCUT2D eigenvalue weighted by atomic mass is 35.5. The highest BCUT2D eigenvalue weighted by Crippen LogP contribution is 2.24. The fraction of sp³-hybridized carbons (Fsp3) is 0. The molecule has 0 bridgehead atoms. The topological polar surface area (TPSA) is 38.7 Å². The first-order chi connectivity index (χ1) is 8.83. The summed E-state index contributed by atoms with van der Waals surface area (Å²) in [5.41, 5.74) is 0.930. The maximum atomic E-state index is 5.96. The van der Waals surface area contributed by atoms with Crippen molar-refractivity contribution in [2.75, 3.05) is 0 Å². The summed E-state index contributed by atoms with van der Waals surface area (Å²) in [7, 11) is 0. The van der Waals surface area contributed by atoms with Gasteiger partial charge in [-0.3, -0.25) is 0 Å².